The van der Waals surface area contributed by atoms with Gasteiger partial charge in [0, 0.05) is 25.3 Å². The fourth-order valence-corrected chi connectivity index (χ4v) is 2.48. The lowest BCUT2D eigenvalue weighted by atomic mass is 10.2. The monoisotopic (exact) mass is 294 g/mol. The minimum atomic E-state index is 0.153. The molecule has 6 nitrogen and oxygen atoms in total. The van der Waals surface area contributed by atoms with E-state index >= 15 is 0 Å². The van der Waals surface area contributed by atoms with E-state index in [1.54, 1.807) is 0 Å². The number of rotatable bonds is 6. The van der Waals surface area contributed by atoms with Crippen LogP contribution in [-0.4, -0.2) is 59.0 Å². The average Bonchev–Trinajstić information content (AvgIpc) is 2.90. The third-order valence-electron chi connectivity index (χ3n) is 3.77. The van der Waals surface area contributed by atoms with Crippen LogP contribution in [0.3, 0.4) is 0 Å². The van der Waals surface area contributed by atoms with Gasteiger partial charge < -0.3 is 15.0 Å². The zero-order chi connectivity index (χ0) is 15.2. The molecule has 1 aromatic heterocycles. The van der Waals surface area contributed by atoms with Crippen molar-refractivity contribution in [2.75, 3.05) is 26.2 Å². The summed E-state index contributed by atoms with van der Waals surface area (Å²) in [6, 6.07) is 0.205. The Morgan fingerprint density at radius 3 is 3.10 bits per heavy atom. The molecular weight excluding hydrogens is 268 g/mol. The summed E-state index contributed by atoms with van der Waals surface area (Å²) in [5.41, 5.74) is 1.15. The maximum absolute atomic E-state index is 12.2. The molecule has 0 aromatic carbocycles. The van der Waals surface area contributed by atoms with Gasteiger partial charge in [0.2, 0.25) is 5.91 Å². The van der Waals surface area contributed by atoms with Crippen molar-refractivity contribution in [3.05, 3.63) is 18.0 Å². The van der Waals surface area contributed by atoms with Crippen molar-refractivity contribution in [1.29, 1.82) is 0 Å². The number of amides is 1. The standard InChI is InChI=1S/C15H26N4O2/c1-4-14-11-18(5-6-21-14)15(20)8-16-13(3)10-19-9-12(2)7-17-19/h7,9,13-14,16H,4-6,8,10-11H2,1-3H3/t13-,14-/m0/s1. The van der Waals surface area contributed by atoms with Crippen molar-refractivity contribution in [2.45, 2.75) is 45.9 Å². The van der Waals surface area contributed by atoms with Crippen molar-refractivity contribution in [3.8, 4) is 0 Å². The number of nitrogens with one attached hydrogen (secondary N) is 1. The number of hydrogen-bond donors (Lipinski definition) is 1. The Bertz CT molecular complexity index is 460. The van der Waals surface area contributed by atoms with Crippen LogP contribution in [0.15, 0.2) is 12.4 Å². The quantitative estimate of drug-likeness (QED) is 0.843. The molecule has 2 rings (SSSR count). The minimum absolute atomic E-state index is 0.153. The smallest absolute Gasteiger partial charge is 0.236 e. The second-order valence-corrected chi connectivity index (χ2v) is 5.76. The molecule has 1 aromatic rings. The van der Waals surface area contributed by atoms with E-state index in [-0.39, 0.29) is 18.1 Å². The van der Waals surface area contributed by atoms with E-state index in [1.165, 1.54) is 0 Å². The Labute approximate surface area is 126 Å². The molecule has 1 saturated heterocycles. The van der Waals surface area contributed by atoms with Gasteiger partial charge in [-0.05, 0) is 25.8 Å². The van der Waals surface area contributed by atoms with Crippen LogP contribution in [0.5, 0.6) is 0 Å². The molecule has 0 saturated carbocycles. The summed E-state index contributed by atoms with van der Waals surface area (Å²) >= 11 is 0. The highest BCUT2D eigenvalue weighted by molar-refractivity contribution is 5.78. The third-order valence-corrected chi connectivity index (χ3v) is 3.77. The molecule has 0 bridgehead atoms. The number of nitrogens with zero attached hydrogens (tertiary/aromatic N) is 3. The van der Waals surface area contributed by atoms with Gasteiger partial charge in [-0.1, -0.05) is 6.92 Å². The first-order valence-electron chi connectivity index (χ1n) is 7.70. The first-order chi connectivity index (χ1) is 10.1. The van der Waals surface area contributed by atoms with Crippen molar-refractivity contribution < 1.29 is 9.53 Å². The van der Waals surface area contributed by atoms with E-state index in [9.17, 15) is 4.79 Å². The number of aryl methyl sites for hydroxylation is 1. The summed E-state index contributed by atoms with van der Waals surface area (Å²) in [5.74, 6) is 0.153. The second kappa shape index (κ2) is 7.56. The predicted octanol–water partition coefficient (Wildman–Crippen LogP) is 0.807. The van der Waals surface area contributed by atoms with Crippen LogP contribution < -0.4 is 5.32 Å². The topological polar surface area (TPSA) is 59.4 Å². The van der Waals surface area contributed by atoms with E-state index in [0.717, 1.165) is 18.5 Å². The first kappa shape index (κ1) is 16.0. The highest BCUT2D eigenvalue weighted by atomic mass is 16.5. The zero-order valence-electron chi connectivity index (χ0n) is 13.2. The summed E-state index contributed by atoms with van der Waals surface area (Å²) in [5, 5.41) is 7.54. The van der Waals surface area contributed by atoms with Gasteiger partial charge in [0.05, 0.1) is 32.0 Å². The lowest BCUT2D eigenvalue weighted by Gasteiger charge is -2.32. The van der Waals surface area contributed by atoms with E-state index in [0.29, 0.717) is 26.2 Å². The summed E-state index contributed by atoms with van der Waals surface area (Å²) in [6.07, 6.45) is 4.99. The van der Waals surface area contributed by atoms with Gasteiger partial charge in [0.25, 0.3) is 0 Å². The Balaban J connectivity index is 1.72. The molecule has 1 aliphatic rings. The Hall–Kier alpha value is -1.40. The molecule has 0 radical (unpaired) electrons. The summed E-state index contributed by atoms with van der Waals surface area (Å²) < 4.78 is 7.49. The van der Waals surface area contributed by atoms with Crippen LogP contribution in [0.1, 0.15) is 25.8 Å². The van der Waals surface area contributed by atoms with Crippen LogP contribution in [0.4, 0.5) is 0 Å². The van der Waals surface area contributed by atoms with Gasteiger partial charge >= 0.3 is 0 Å². The van der Waals surface area contributed by atoms with E-state index in [1.807, 2.05) is 28.9 Å². The van der Waals surface area contributed by atoms with Crippen LogP contribution in [0.2, 0.25) is 0 Å². The van der Waals surface area contributed by atoms with Gasteiger partial charge in [-0.15, -0.1) is 0 Å². The van der Waals surface area contributed by atoms with Crippen LogP contribution >= 0.6 is 0 Å². The third kappa shape index (κ3) is 4.82. The fourth-order valence-electron chi connectivity index (χ4n) is 2.48. The van der Waals surface area contributed by atoms with Crippen LogP contribution in [-0.2, 0) is 16.1 Å². The summed E-state index contributed by atoms with van der Waals surface area (Å²) in [7, 11) is 0. The molecule has 0 aliphatic carbocycles. The van der Waals surface area contributed by atoms with E-state index < -0.39 is 0 Å². The van der Waals surface area contributed by atoms with Gasteiger partial charge in [-0.2, -0.15) is 5.10 Å². The maximum atomic E-state index is 12.2. The molecule has 2 atom stereocenters. The number of carbonyl (C=O) groups excluding carboxylic acids is 1. The first-order valence-corrected chi connectivity index (χ1v) is 7.70. The minimum Gasteiger partial charge on any atom is -0.375 e. The molecule has 6 heteroatoms. The number of hydrogen-bond acceptors (Lipinski definition) is 4. The van der Waals surface area contributed by atoms with E-state index in [2.05, 4.69) is 24.3 Å². The van der Waals surface area contributed by atoms with E-state index in [4.69, 9.17) is 4.74 Å². The molecule has 1 amide bonds. The zero-order valence-corrected chi connectivity index (χ0v) is 13.2. The Morgan fingerprint density at radius 2 is 2.43 bits per heavy atom. The van der Waals surface area contributed by atoms with Gasteiger partial charge in [0.1, 0.15) is 0 Å². The van der Waals surface area contributed by atoms with Crippen molar-refractivity contribution in [1.82, 2.24) is 20.0 Å². The normalized spacial score (nSPS) is 20.5. The molecule has 0 spiro atoms. The highest BCUT2D eigenvalue weighted by Crippen LogP contribution is 2.08. The largest absolute Gasteiger partial charge is 0.375 e. The molecule has 21 heavy (non-hydrogen) atoms. The summed E-state index contributed by atoms with van der Waals surface area (Å²) in [4.78, 5) is 14.1. The summed E-state index contributed by atoms with van der Waals surface area (Å²) in [6.45, 7) is 9.37. The molecule has 0 unspecified atom stereocenters. The number of aromatic nitrogens is 2. The molecule has 1 aliphatic heterocycles. The fraction of sp³-hybridized carbons (Fsp3) is 0.733. The second-order valence-electron chi connectivity index (χ2n) is 5.76. The Morgan fingerprint density at radius 1 is 1.62 bits per heavy atom. The Kier molecular flexibility index (Phi) is 5.76. The van der Waals surface area contributed by atoms with Crippen molar-refractivity contribution in [2.24, 2.45) is 0 Å². The lowest BCUT2D eigenvalue weighted by Crippen LogP contribution is -2.49. The van der Waals surface area contributed by atoms with Crippen LogP contribution in [0, 0.1) is 6.92 Å². The SMILES string of the molecule is CC[C@H]1CN(C(=O)CN[C@@H](C)Cn2cc(C)cn2)CCO1. The number of ether oxygens (including phenoxy) is 1. The highest BCUT2D eigenvalue weighted by Gasteiger charge is 2.22. The predicted molar refractivity (Wildman–Crippen MR) is 81.0 cm³/mol. The molecular formula is C15H26N4O2. The van der Waals surface area contributed by atoms with Gasteiger partial charge in [0.15, 0.2) is 0 Å². The molecule has 1 N–H and O–H groups in total. The average molecular weight is 294 g/mol. The number of morpholine rings is 1. The lowest BCUT2D eigenvalue weighted by molar-refractivity contribution is -0.138. The van der Waals surface area contributed by atoms with Crippen molar-refractivity contribution in [3.63, 3.8) is 0 Å². The van der Waals surface area contributed by atoms with Gasteiger partial charge in [-0.3, -0.25) is 9.48 Å². The van der Waals surface area contributed by atoms with Crippen molar-refractivity contribution >= 4 is 5.91 Å². The molecule has 2 heterocycles. The number of carbonyl (C=O) groups is 1. The maximum Gasteiger partial charge on any atom is 0.236 e. The van der Waals surface area contributed by atoms with Gasteiger partial charge in [-0.25, -0.2) is 0 Å². The van der Waals surface area contributed by atoms with Crippen LogP contribution in [0.25, 0.3) is 0 Å². The molecule has 1 fully saturated rings. The molecule has 118 valence electrons.